The number of aliphatic hydroxyl groups excluding tert-OH is 5. The molecule has 0 radical (unpaired) electrons. The average Bonchev–Trinajstić information content (AvgIpc) is 3.33. The van der Waals surface area contributed by atoms with Crippen molar-refractivity contribution in [3.8, 4) is 0 Å². The molecule has 0 aliphatic carbocycles. The van der Waals surface area contributed by atoms with Gasteiger partial charge in [0.1, 0.15) is 24.4 Å². The van der Waals surface area contributed by atoms with Crippen molar-refractivity contribution in [1.29, 1.82) is 0 Å². The van der Waals surface area contributed by atoms with Gasteiger partial charge < -0.3 is 40.3 Å². The molecule has 1 aliphatic heterocycles. The lowest BCUT2D eigenvalue weighted by molar-refractivity contribution is -0.302. The zero-order valence-electron chi connectivity index (χ0n) is 43.4. The summed E-state index contributed by atoms with van der Waals surface area (Å²) in [5.41, 5.74) is 0. The molecule has 0 bridgehead atoms. The second-order valence-electron chi connectivity index (χ2n) is 19.7. The van der Waals surface area contributed by atoms with Crippen LogP contribution in [0, 0.1) is 0 Å². The zero-order valence-corrected chi connectivity index (χ0v) is 43.4. The third-order valence-corrected chi connectivity index (χ3v) is 13.4. The van der Waals surface area contributed by atoms with Gasteiger partial charge in [-0.1, -0.05) is 242 Å². The zero-order chi connectivity index (χ0) is 48.7. The van der Waals surface area contributed by atoms with Crippen LogP contribution in [0.5, 0.6) is 0 Å². The third-order valence-electron chi connectivity index (χ3n) is 13.4. The SMILES string of the molecule is CCC/C=C\C/C=C\CCCCCCCC(=O)NC(COC1OC(CO)C(O)C(O)C1O)C(O)/C=C/CC/C=C/CCCCCCCCCCCCCCCCCCCCCCCCCCC. The van der Waals surface area contributed by atoms with Crippen LogP contribution in [0.1, 0.15) is 258 Å². The van der Waals surface area contributed by atoms with Crippen molar-refractivity contribution in [2.24, 2.45) is 0 Å². The molecule has 67 heavy (non-hydrogen) atoms. The lowest BCUT2D eigenvalue weighted by Gasteiger charge is -2.40. The van der Waals surface area contributed by atoms with Crippen molar-refractivity contribution in [2.75, 3.05) is 13.2 Å². The van der Waals surface area contributed by atoms with Gasteiger partial charge in [-0.05, 0) is 57.8 Å². The molecule has 0 aromatic carbocycles. The maximum Gasteiger partial charge on any atom is 0.220 e. The van der Waals surface area contributed by atoms with Gasteiger partial charge >= 0.3 is 0 Å². The van der Waals surface area contributed by atoms with Crippen LogP contribution in [0.15, 0.2) is 48.6 Å². The van der Waals surface area contributed by atoms with E-state index in [4.69, 9.17) is 9.47 Å². The van der Waals surface area contributed by atoms with Crippen LogP contribution >= 0.6 is 0 Å². The molecule has 0 saturated carbocycles. The topological polar surface area (TPSA) is 149 Å². The Bertz CT molecular complexity index is 1190. The number of hydrogen-bond acceptors (Lipinski definition) is 8. The van der Waals surface area contributed by atoms with E-state index < -0.39 is 49.5 Å². The highest BCUT2D eigenvalue weighted by Gasteiger charge is 2.44. The summed E-state index contributed by atoms with van der Waals surface area (Å²) in [4.78, 5) is 13.0. The highest BCUT2D eigenvalue weighted by molar-refractivity contribution is 5.76. The first-order valence-corrected chi connectivity index (χ1v) is 28.4. The van der Waals surface area contributed by atoms with Gasteiger partial charge in [0.05, 0.1) is 25.4 Å². The molecule has 0 aromatic heterocycles. The highest BCUT2D eigenvalue weighted by atomic mass is 16.7. The maximum atomic E-state index is 13.0. The Balaban J connectivity index is 2.18. The summed E-state index contributed by atoms with van der Waals surface area (Å²) in [5, 5.41) is 54.3. The number of unbranched alkanes of at least 4 members (excludes halogenated alkanes) is 32. The summed E-state index contributed by atoms with van der Waals surface area (Å²) < 4.78 is 11.2. The molecule has 1 heterocycles. The van der Waals surface area contributed by atoms with E-state index >= 15 is 0 Å². The Morgan fingerprint density at radius 1 is 0.507 bits per heavy atom. The van der Waals surface area contributed by atoms with Gasteiger partial charge in [0.15, 0.2) is 6.29 Å². The summed E-state index contributed by atoms with van der Waals surface area (Å²) >= 11 is 0. The van der Waals surface area contributed by atoms with Gasteiger partial charge in [-0.15, -0.1) is 0 Å². The van der Waals surface area contributed by atoms with E-state index in [9.17, 15) is 30.3 Å². The van der Waals surface area contributed by atoms with E-state index in [-0.39, 0.29) is 12.5 Å². The smallest absolute Gasteiger partial charge is 0.220 e. The molecule has 7 atom stereocenters. The Hall–Kier alpha value is -1.85. The van der Waals surface area contributed by atoms with E-state index in [1.807, 2.05) is 6.08 Å². The maximum absolute atomic E-state index is 13.0. The first-order valence-electron chi connectivity index (χ1n) is 28.4. The van der Waals surface area contributed by atoms with Crippen molar-refractivity contribution in [1.82, 2.24) is 5.32 Å². The fourth-order valence-electron chi connectivity index (χ4n) is 8.86. The van der Waals surface area contributed by atoms with Crippen LogP contribution in [0.3, 0.4) is 0 Å². The average molecular weight is 946 g/mol. The van der Waals surface area contributed by atoms with Crippen molar-refractivity contribution in [3.05, 3.63) is 48.6 Å². The van der Waals surface area contributed by atoms with Gasteiger partial charge in [-0.25, -0.2) is 0 Å². The quantitative estimate of drug-likeness (QED) is 0.0261. The van der Waals surface area contributed by atoms with Crippen LogP contribution < -0.4 is 5.32 Å². The van der Waals surface area contributed by atoms with Gasteiger partial charge in [0.2, 0.25) is 5.91 Å². The van der Waals surface area contributed by atoms with Gasteiger partial charge in [0.25, 0.3) is 0 Å². The lowest BCUT2D eigenvalue weighted by atomic mass is 9.99. The van der Waals surface area contributed by atoms with Crippen molar-refractivity contribution < 1.29 is 39.8 Å². The van der Waals surface area contributed by atoms with Crippen LogP contribution in [-0.4, -0.2) is 87.5 Å². The number of allylic oxidation sites excluding steroid dienone is 7. The predicted octanol–water partition coefficient (Wildman–Crippen LogP) is 13.7. The summed E-state index contributed by atoms with van der Waals surface area (Å²) in [6, 6.07) is -0.830. The number of hydrogen-bond donors (Lipinski definition) is 6. The molecule has 0 spiro atoms. The Kier molecular flexibility index (Phi) is 45.1. The summed E-state index contributed by atoms with van der Waals surface area (Å²) in [6.07, 6.45) is 56.3. The van der Waals surface area contributed by atoms with Crippen molar-refractivity contribution in [2.45, 2.75) is 301 Å². The second kappa shape index (κ2) is 47.8. The molecular formula is C58H107NO8. The van der Waals surface area contributed by atoms with E-state index in [2.05, 4.69) is 55.6 Å². The molecule has 9 nitrogen and oxygen atoms in total. The second-order valence-corrected chi connectivity index (χ2v) is 19.7. The van der Waals surface area contributed by atoms with E-state index in [0.717, 1.165) is 70.6 Å². The number of amides is 1. The predicted molar refractivity (Wildman–Crippen MR) is 281 cm³/mol. The highest BCUT2D eigenvalue weighted by Crippen LogP contribution is 2.23. The Morgan fingerprint density at radius 3 is 1.40 bits per heavy atom. The summed E-state index contributed by atoms with van der Waals surface area (Å²) in [7, 11) is 0. The Labute approximate surface area is 412 Å². The molecule has 0 aromatic rings. The minimum absolute atomic E-state index is 0.201. The third kappa shape index (κ3) is 37.6. The monoisotopic (exact) mass is 946 g/mol. The fourth-order valence-corrected chi connectivity index (χ4v) is 8.86. The molecule has 1 saturated heterocycles. The first-order chi connectivity index (χ1) is 32.8. The molecule has 1 amide bonds. The van der Waals surface area contributed by atoms with Crippen LogP contribution in [0.4, 0.5) is 0 Å². The number of ether oxygens (including phenoxy) is 2. The van der Waals surface area contributed by atoms with Gasteiger partial charge in [-0.3, -0.25) is 4.79 Å². The largest absolute Gasteiger partial charge is 0.394 e. The molecule has 7 unspecified atom stereocenters. The number of carbonyl (C=O) groups excluding carboxylic acids is 1. The number of carbonyl (C=O) groups is 1. The minimum atomic E-state index is -1.58. The van der Waals surface area contributed by atoms with Crippen LogP contribution in [0.25, 0.3) is 0 Å². The fraction of sp³-hybridized carbons (Fsp3) is 0.845. The van der Waals surface area contributed by atoms with Crippen LogP contribution in [0.2, 0.25) is 0 Å². The summed E-state index contributed by atoms with van der Waals surface area (Å²) in [5.74, 6) is -0.201. The van der Waals surface area contributed by atoms with Gasteiger partial charge in [-0.2, -0.15) is 0 Å². The van der Waals surface area contributed by atoms with E-state index in [1.165, 1.54) is 167 Å². The molecule has 392 valence electrons. The number of aliphatic hydroxyl groups is 5. The van der Waals surface area contributed by atoms with Gasteiger partial charge in [0, 0.05) is 6.42 Å². The Morgan fingerprint density at radius 2 is 0.925 bits per heavy atom. The molecule has 1 aliphatic rings. The molecule has 6 N–H and O–H groups in total. The van der Waals surface area contributed by atoms with E-state index in [1.54, 1.807) is 6.08 Å². The van der Waals surface area contributed by atoms with Crippen LogP contribution in [-0.2, 0) is 14.3 Å². The molecule has 9 heteroatoms. The molecule has 1 rings (SSSR count). The number of nitrogens with one attached hydrogen (secondary N) is 1. The molecular weight excluding hydrogens is 839 g/mol. The lowest BCUT2D eigenvalue weighted by Crippen LogP contribution is -2.60. The summed E-state index contributed by atoms with van der Waals surface area (Å²) in [6.45, 7) is 3.70. The standard InChI is InChI=1S/C58H107NO8/c1-3-5-7-9-11-13-15-17-18-19-20-21-22-23-24-25-26-27-28-29-30-31-32-33-34-36-37-39-41-43-45-47-52(61)51(50-66-58-57(65)56(64)55(63)53(49-60)67-58)59-54(62)48-46-44-42-40-38-35-16-14-12-10-8-6-4-2/h8,10,14,16,37,39,45,47,51-53,55-58,60-61,63-65H,3-7,9,11-13,15,17-36,38,40-44,46,48-50H2,1-2H3,(H,59,62)/b10-8-,16-14-,39-37+,47-45+. The van der Waals surface area contributed by atoms with Crippen molar-refractivity contribution >= 4 is 5.91 Å². The minimum Gasteiger partial charge on any atom is -0.394 e. The first kappa shape index (κ1) is 63.2. The van der Waals surface area contributed by atoms with E-state index in [0.29, 0.717) is 6.42 Å². The molecule has 1 fully saturated rings. The number of rotatable bonds is 48. The normalized spacial score (nSPS) is 20.0. The van der Waals surface area contributed by atoms with Crippen molar-refractivity contribution in [3.63, 3.8) is 0 Å².